The molecule has 1 aromatic carbocycles. The van der Waals surface area contributed by atoms with Gasteiger partial charge in [0.05, 0.1) is 12.7 Å². The highest BCUT2D eigenvalue weighted by Gasteiger charge is 2.14. The number of H-pyrrole nitrogens is 1. The van der Waals surface area contributed by atoms with E-state index in [0.29, 0.717) is 11.1 Å². The maximum absolute atomic E-state index is 11.1. The number of methoxy groups -OCH3 is 1. The van der Waals surface area contributed by atoms with Gasteiger partial charge in [0.15, 0.2) is 0 Å². The molecule has 2 aromatic rings. The van der Waals surface area contributed by atoms with Gasteiger partial charge in [0.2, 0.25) is 5.88 Å². The quantitative estimate of drug-likeness (QED) is 0.480. The summed E-state index contributed by atoms with van der Waals surface area (Å²) in [5.74, 6) is 0.201. The molecule has 0 aliphatic heterocycles. The van der Waals surface area contributed by atoms with Crippen molar-refractivity contribution in [3.8, 4) is 5.88 Å². The second-order valence-corrected chi connectivity index (χ2v) is 3.45. The lowest BCUT2D eigenvalue weighted by molar-refractivity contribution is 0.319. The van der Waals surface area contributed by atoms with E-state index >= 15 is 0 Å². The molecule has 92 valence electrons. The van der Waals surface area contributed by atoms with Crippen LogP contribution in [0.3, 0.4) is 0 Å². The number of ether oxygens (including phenoxy) is 1. The van der Waals surface area contributed by atoms with Crippen LogP contribution in [0.15, 0.2) is 46.5 Å². The number of nitrogens with one attached hydrogen (secondary N) is 1. The van der Waals surface area contributed by atoms with Gasteiger partial charge in [-0.05, 0) is 0 Å². The summed E-state index contributed by atoms with van der Waals surface area (Å²) in [6.45, 7) is 0. The van der Waals surface area contributed by atoms with Gasteiger partial charge in [-0.3, -0.25) is 4.98 Å². The summed E-state index contributed by atoms with van der Waals surface area (Å²) < 4.78 is 5.04. The predicted molar refractivity (Wildman–Crippen MR) is 65.3 cm³/mol. The zero-order valence-electron chi connectivity index (χ0n) is 9.62. The molecule has 0 fully saturated rings. The first-order valence-corrected chi connectivity index (χ1v) is 5.17. The van der Waals surface area contributed by atoms with Gasteiger partial charge in [0.1, 0.15) is 5.71 Å². The first kappa shape index (κ1) is 11.8. The van der Waals surface area contributed by atoms with Gasteiger partial charge in [-0.15, -0.1) is 0 Å². The molecule has 2 N–H and O–H groups in total. The van der Waals surface area contributed by atoms with Crippen molar-refractivity contribution in [3.63, 3.8) is 0 Å². The van der Waals surface area contributed by atoms with Crippen molar-refractivity contribution < 1.29 is 9.94 Å². The predicted octanol–water partition coefficient (Wildman–Crippen LogP) is 1.01. The van der Waals surface area contributed by atoms with Gasteiger partial charge < -0.3 is 9.94 Å². The number of nitrogens with zero attached hydrogens (tertiary/aromatic N) is 2. The van der Waals surface area contributed by atoms with Crippen LogP contribution in [0.2, 0.25) is 0 Å². The molecule has 0 saturated heterocycles. The number of aromatic amines is 1. The zero-order chi connectivity index (χ0) is 13.0. The zero-order valence-corrected chi connectivity index (χ0v) is 9.62. The average molecular weight is 245 g/mol. The van der Waals surface area contributed by atoms with E-state index in [0.717, 1.165) is 0 Å². The molecule has 1 aromatic heterocycles. The van der Waals surface area contributed by atoms with E-state index in [1.807, 2.05) is 18.2 Å². The average Bonchev–Trinajstić information content (AvgIpc) is 2.42. The van der Waals surface area contributed by atoms with Gasteiger partial charge in [-0.1, -0.05) is 35.5 Å². The van der Waals surface area contributed by atoms with Crippen molar-refractivity contribution in [2.75, 3.05) is 7.11 Å². The Morgan fingerprint density at radius 2 is 2.11 bits per heavy atom. The van der Waals surface area contributed by atoms with Crippen LogP contribution in [-0.4, -0.2) is 28.0 Å². The molecule has 18 heavy (non-hydrogen) atoms. The highest BCUT2D eigenvalue weighted by molar-refractivity contribution is 6.13. The molecule has 6 nitrogen and oxygen atoms in total. The summed E-state index contributed by atoms with van der Waals surface area (Å²) in [6.07, 6.45) is 1.31. The van der Waals surface area contributed by atoms with Crippen LogP contribution >= 0.6 is 0 Å². The minimum Gasteiger partial charge on any atom is -0.482 e. The summed E-state index contributed by atoms with van der Waals surface area (Å²) in [6, 6.07) is 9.03. The fraction of sp³-hybridized carbons (Fsp3) is 0.0833. The Hall–Kier alpha value is -2.63. The minimum absolute atomic E-state index is 0.201. The summed E-state index contributed by atoms with van der Waals surface area (Å²) >= 11 is 0. The smallest absolute Gasteiger partial charge is 0.347 e. The first-order chi connectivity index (χ1) is 8.76. The van der Waals surface area contributed by atoms with E-state index in [9.17, 15) is 4.79 Å². The third-order valence-electron chi connectivity index (χ3n) is 2.38. The molecule has 0 saturated carbocycles. The third-order valence-corrected chi connectivity index (χ3v) is 2.38. The number of hydrogen-bond acceptors (Lipinski definition) is 5. The molecular formula is C12H11N3O3. The molecule has 6 heteroatoms. The van der Waals surface area contributed by atoms with Crippen molar-refractivity contribution in [1.82, 2.24) is 9.97 Å². The van der Waals surface area contributed by atoms with Crippen molar-refractivity contribution >= 4 is 5.71 Å². The van der Waals surface area contributed by atoms with E-state index in [-0.39, 0.29) is 11.6 Å². The monoisotopic (exact) mass is 245 g/mol. The highest BCUT2D eigenvalue weighted by Crippen LogP contribution is 2.17. The van der Waals surface area contributed by atoms with E-state index in [1.54, 1.807) is 12.1 Å². The lowest BCUT2D eigenvalue weighted by Crippen LogP contribution is -2.16. The number of hydrogen-bond donors (Lipinski definition) is 2. The van der Waals surface area contributed by atoms with Crippen molar-refractivity contribution in [3.05, 3.63) is 58.1 Å². The Balaban J connectivity index is 2.56. The second-order valence-electron chi connectivity index (χ2n) is 3.45. The summed E-state index contributed by atoms with van der Waals surface area (Å²) in [4.78, 5) is 17.1. The number of rotatable bonds is 3. The molecule has 2 rings (SSSR count). The number of oxime groups is 1. The third kappa shape index (κ3) is 2.22. The first-order valence-electron chi connectivity index (χ1n) is 5.17. The number of benzene rings is 1. The molecule has 0 bridgehead atoms. The SMILES string of the molecule is COc1[nH]c(=O)ncc1/C(=N/O)c1ccccc1. The Morgan fingerprint density at radius 3 is 2.72 bits per heavy atom. The van der Waals surface area contributed by atoms with Crippen LogP contribution in [0.1, 0.15) is 11.1 Å². The lowest BCUT2D eigenvalue weighted by atomic mass is 10.1. The van der Waals surface area contributed by atoms with Crippen LogP contribution in [-0.2, 0) is 0 Å². The largest absolute Gasteiger partial charge is 0.482 e. The van der Waals surface area contributed by atoms with Crippen LogP contribution < -0.4 is 10.4 Å². The molecule has 0 amide bonds. The molecule has 0 spiro atoms. The Kier molecular flexibility index (Phi) is 3.38. The second kappa shape index (κ2) is 5.13. The lowest BCUT2D eigenvalue weighted by Gasteiger charge is -2.08. The van der Waals surface area contributed by atoms with E-state index in [2.05, 4.69) is 15.1 Å². The van der Waals surface area contributed by atoms with E-state index < -0.39 is 5.69 Å². The fourth-order valence-corrected chi connectivity index (χ4v) is 1.57. The summed E-state index contributed by atoms with van der Waals surface area (Å²) in [5.41, 5.74) is 0.843. The van der Waals surface area contributed by atoms with Gasteiger partial charge >= 0.3 is 5.69 Å². The minimum atomic E-state index is -0.527. The van der Waals surface area contributed by atoms with Crippen LogP contribution in [0.4, 0.5) is 0 Å². The Bertz CT molecular complexity index is 620. The highest BCUT2D eigenvalue weighted by atomic mass is 16.5. The molecule has 1 heterocycles. The van der Waals surface area contributed by atoms with E-state index in [4.69, 9.17) is 9.94 Å². The molecule has 0 radical (unpaired) electrons. The molecule has 0 atom stereocenters. The molecular weight excluding hydrogens is 234 g/mol. The fourth-order valence-electron chi connectivity index (χ4n) is 1.57. The number of aromatic nitrogens is 2. The van der Waals surface area contributed by atoms with Crippen molar-refractivity contribution in [2.24, 2.45) is 5.16 Å². The van der Waals surface area contributed by atoms with E-state index in [1.165, 1.54) is 13.3 Å². The van der Waals surface area contributed by atoms with Gasteiger partial charge in [0.25, 0.3) is 0 Å². The van der Waals surface area contributed by atoms with Gasteiger partial charge in [-0.2, -0.15) is 0 Å². The Labute approximate surface area is 103 Å². The topological polar surface area (TPSA) is 87.6 Å². The maximum atomic E-state index is 11.1. The van der Waals surface area contributed by atoms with Crippen molar-refractivity contribution in [2.45, 2.75) is 0 Å². The van der Waals surface area contributed by atoms with Crippen LogP contribution in [0.25, 0.3) is 0 Å². The van der Waals surface area contributed by atoms with Crippen LogP contribution in [0.5, 0.6) is 5.88 Å². The normalized spacial score (nSPS) is 11.3. The van der Waals surface area contributed by atoms with Crippen molar-refractivity contribution in [1.29, 1.82) is 0 Å². The Morgan fingerprint density at radius 1 is 1.39 bits per heavy atom. The molecule has 0 aliphatic rings. The molecule has 0 unspecified atom stereocenters. The maximum Gasteiger partial charge on any atom is 0.347 e. The van der Waals surface area contributed by atoms with Crippen LogP contribution in [0, 0.1) is 0 Å². The standard InChI is InChI=1S/C12H11N3O3/c1-18-11-9(7-13-12(16)14-11)10(15-17)8-5-3-2-4-6-8/h2-7,17H,1H3,(H,13,14,16)/b15-10+. The summed E-state index contributed by atoms with van der Waals surface area (Å²) in [5, 5.41) is 12.4. The van der Waals surface area contributed by atoms with Gasteiger partial charge in [-0.25, -0.2) is 9.78 Å². The summed E-state index contributed by atoms with van der Waals surface area (Å²) in [7, 11) is 1.41. The van der Waals surface area contributed by atoms with Gasteiger partial charge in [0, 0.05) is 11.8 Å². The molecule has 0 aliphatic carbocycles.